The molecule has 1 N–H and O–H groups in total. The second-order valence-corrected chi connectivity index (χ2v) is 10.0. The Morgan fingerprint density at radius 2 is 1.79 bits per heavy atom. The van der Waals surface area contributed by atoms with Gasteiger partial charge in [0.2, 0.25) is 0 Å². The van der Waals surface area contributed by atoms with Crippen LogP contribution in [0.1, 0.15) is 35.7 Å². The summed E-state index contributed by atoms with van der Waals surface area (Å²) < 4.78 is 40.6. The number of anilines is 1. The predicted molar refractivity (Wildman–Crippen MR) is 138 cm³/mol. The largest absolute Gasteiger partial charge is 0.416 e. The van der Waals surface area contributed by atoms with Gasteiger partial charge in [0, 0.05) is 51.7 Å². The third kappa shape index (κ3) is 7.20. The van der Waals surface area contributed by atoms with Crippen LogP contribution in [0.4, 0.5) is 18.9 Å². The summed E-state index contributed by atoms with van der Waals surface area (Å²) in [6.07, 6.45) is -2.47. The Hall–Kier alpha value is -2.10. The quantitative estimate of drug-likeness (QED) is 0.269. The number of halogens is 4. The number of unbranched alkanes of at least 4 members (excludes halogenated alkanes) is 1. The number of carbonyl (C=O) groups is 1. The van der Waals surface area contributed by atoms with Gasteiger partial charge in [-0.15, -0.1) is 11.3 Å². The van der Waals surface area contributed by atoms with Crippen molar-refractivity contribution >= 4 is 48.9 Å². The van der Waals surface area contributed by atoms with Gasteiger partial charge in [0.15, 0.2) is 0 Å². The molecule has 0 saturated heterocycles. The highest BCUT2D eigenvalue weighted by molar-refractivity contribution is 9.10. The molecule has 0 saturated carbocycles. The first-order valence-corrected chi connectivity index (χ1v) is 12.9. The van der Waals surface area contributed by atoms with Crippen LogP contribution in [0.3, 0.4) is 0 Å². The van der Waals surface area contributed by atoms with Crippen LogP contribution < -0.4 is 10.2 Å². The molecule has 0 aliphatic carbocycles. The van der Waals surface area contributed by atoms with E-state index in [1.807, 2.05) is 17.5 Å². The Morgan fingerprint density at radius 3 is 2.47 bits per heavy atom. The second-order valence-electron chi connectivity index (χ2n) is 8.18. The molecule has 0 aliphatic heterocycles. The SMILES string of the molecule is CCN(CCN(C)CCCCNC(=O)c1ccc(Br)cc1)c1csc2cc(C(F)(F)F)ccc12. The number of nitrogens with one attached hydrogen (secondary N) is 1. The molecule has 0 bridgehead atoms. The van der Waals surface area contributed by atoms with Crippen LogP contribution in [0.2, 0.25) is 0 Å². The first kappa shape index (κ1) is 26.5. The Kier molecular flexibility index (Phi) is 9.39. The van der Waals surface area contributed by atoms with Crippen LogP contribution in [0.25, 0.3) is 10.1 Å². The van der Waals surface area contributed by atoms with Crippen molar-refractivity contribution in [3.8, 4) is 0 Å². The van der Waals surface area contributed by atoms with Crippen LogP contribution in [0, 0.1) is 0 Å². The van der Waals surface area contributed by atoms with Gasteiger partial charge in [-0.05, 0) is 69.8 Å². The maximum Gasteiger partial charge on any atom is 0.416 e. The Balaban J connectivity index is 1.42. The molecule has 0 fully saturated rings. The van der Waals surface area contributed by atoms with Crippen molar-refractivity contribution in [3.63, 3.8) is 0 Å². The number of rotatable bonds is 11. The summed E-state index contributed by atoms with van der Waals surface area (Å²) in [5.74, 6) is -0.0650. The van der Waals surface area contributed by atoms with Gasteiger partial charge in [0.25, 0.3) is 5.91 Å². The van der Waals surface area contributed by atoms with E-state index in [9.17, 15) is 18.0 Å². The number of likely N-dealkylation sites (N-methyl/N-ethyl adjacent to an activating group) is 2. The predicted octanol–water partition coefficient (Wildman–Crippen LogP) is 6.65. The van der Waals surface area contributed by atoms with Crippen LogP contribution in [0.15, 0.2) is 52.3 Å². The molecule has 0 aliphatic rings. The van der Waals surface area contributed by atoms with Gasteiger partial charge in [0.05, 0.1) is 11.3 Å². The molecule has 0 atom stereocenters. The molecule has 2 aromatic carbocycles. The highest BCUT2D eigenvalue weighted by Gasteiger charge is 2.30. The van der Waals surface area contributed by atoms with Crippen LogP contribution in [0.5, 0.6) is 0 Å². The molecule has 3 rings (SSSR count). The lowest BCUT2D eigenvalue weighted by Gasteiger charge is -2.26. The van der Waals surface area contributed by atoms with Crippen molar-refractivity contribution in [1.29, 1.82) is 0 Å². The molecule has 1 amide bonds. The monoisotopic (exact) mass is 555 g/mol. The van der Waals surface area contributed by atoms with Gasteiger partial charge < -0.3 is 15.1 Å². The number of carbonyl (C=O) groups excluding carboxylic acids is 1. The lowest BCUT2D eigenvalue weighted by Crippen LogP contribution is -2.33. The van der Waals surface area contributed by atoms with E-state index < -0.39 is 11.7 Å². The van der Waals surface area contributed by atoms with Crippen molar-refractivity contribution in [3.05, 3.63) is 63.4 Å². The molecule has 4 nitrogen and oxygen atoms in total. The standard InChI is InChI=1S/C25H29BrF3N3OS/c1-3-32(22-17-34-23-16-19(25(27,28)29)8-11-21(22)23)15-14-31(2)13-5-4-12-30-24(33)18-6-9-20(26)10-7-18/h6-11,16-17H,3-5,12-15H2,1-2H3,(H,30,33). The lowest BCUT2D eigenvalue weighted by molar-refractivity contribution is -0.137. The summed E-state index contributed by atoms with van der Waals surface area (Å²) in [6.45, 7) is 6.01. The molecule has 184 valence electrons. The van der Waals surface area contributed by atoms with Crippen LogP contribution >= 0.6 is 27.3 Å². The van der Waals surface area contributed by atoms with Gasteiger partial charge in [-0.2, -0.15) is 13.2 Å². The number of hydrogen-bond acceptors (Lipinski definition) is 4. The summed E-state index contributed by atoms with van der Waals surface area (Å²) in [5, 5.41) is 5.76. The normalized spacial score (nSPS) is 11.9. The molecule has 9 heteroatoms. The van der Waals surface area contributed by atoms with Crippen molar-refractivity contribution in [2.24, 2.45) is 0 Å². The minimum Gasteiger partial charge on any atom is -0.369 e. The number of fused-ring (bicyclic) bond motifs is 1. The fourth-order valence-electron chi connectivity index (χ4n) is 3.70. The molecule has 0 radical (unpaired) electrons. The highest BCUT2D eigenvalue weighted by atomic mass is 79.9. The molecule has 1 aromatic heterocycles. The molecule has 0 spiro atoms. The first-order valence-electron chi connectivity index (χ1n) is 11.2. The van der Waals surface area contributed by atoms with E-state index in [4.69, 9.17) is 0 Å². The van der Waals surface area contributed by atoms with Crippen LogP contribution in [-0.4, -0.2) is 50.6 Å². The minimum absolute atomic E-state index is 0.0650. The van der Waals surface area contributed by atoms with E-state index in [0.29, 0.717) is 16.8 Å². The summed E-state index contributed by atoms with van der Waals surface area (Å²) in [7, 11) is 2.07. The van der Waals surface area contributed by atoms with Crippen molar-refractivity contribution in [2.45, 2.75) is 25.9 Å². The molecule has 0 unspecified atom stereocenters. The smallest absolute Gasteiger partial charge is 0.369 e. The summed E-state index contributed by atoms with van der Waals surface area (Å²) in [5.41, 5.74) is 1.03. The van der Waals surface area contributed by atoms with Crippen molar-refractivity contribution in [1.82, 2.24) is 10.2 Å². The zero-order valence-corrected chi connectivity index (χ0v) is 21.7. The van der Waals surface area contributed by atoms with Gasteiger partial charge in [-0.3, -0.25) is 4.79 Å². The highest BCUT2D eigenvalue weighted by Crippen LogP contribution is 2.37. The maximum atomic E-state index is 13.0. The van der Waals surface area contributed by atoms with E-state index in [-0.39, 0.29) is 5.91 Å². The number of thiophene rings is 1. The molecule has 34 heavy (non-hydrogen) atoms. The number of alkyl halides is 3. The number of nitrogens with zero attached hydrogens (tertiary/aromatic N) is 2. The topological polar surface area (TPSA) is 35.6 Å². The Morgan fingerprint density at radius 1 is 1.06 bits per heavy atom. The molecular formula is C25H29BrF3N3OS. The summed E-state index contributed by atoms with van der Waals surface area (Å²) >= 11 is 4.71. The molecule has 3 aromatic rings. The lowest BCUT2D eigenvalue weighted by atomic mass is 10.1. The van der Waals surface area contributed by atoms with Gasteiger partial charge in [-0.1, -0.05) is 22.0 Å². The average Bonchev–Trinajstić information content (AvgIpc) is 3.22. The zero-order chi connectivity index (χ0) is 24.7. The molecule has 1 heterocycles. The average molecular weight is 556 g/mol. The van der Waals surface area contributed by atoms with E-state index in [1.54, 1.807) is 18.2 Å². The minimum atomic E-state index is -4.33. The van der Waals surface area contributed by atoms with E-state index >= 15 is 0 Å². The number of hydrogen-bond donors (Lipinski definition) is 1. The summed E-state index contributed by atoms with van der Waals surface area (Å²) in [4.78, 5) is 16.6. The van der Waals surface area contributed by atoms with E-state index in [2.05, 4.69) is 45.0 Å². The first-order chi connectivity index (χ1) is 16.2. The Labute approximate surface area is 210 Å². The summed E-state index contributed by atoms with van der Waals surface area (Å²) in [6, 6.07) is 11.3. The van der Waals surface area contributed by atoms with Gasteiger partial charge in [-0.25, -0.2) is 0 Å². The Bertz CT molecular complexity index is 1090. The number of benzene rings is 2. The zero-order valence-electron chi connectivity index (χ0n) is 19.3. The number of amides is 1. The van der Waals surface area contributed by atoms with Crippen LogP contribution in [-0.2, 0) is 6.18 Å². The van der Waals surface area contributed by atoms with Crippen molar-refractivity contribution < 1.29 is 18.0 Å². The third-order valence-electron chi connectivity index (χ3n) is 5.72. The third-order valence-corrected chi connectivity index (χ3v) is 7.18. The fraction of sp³-hybridized carbons (Fsp3) is 0.400. The molecular weight excluding hydrogens is 527 g/mol. The van der Waals surface area contributed by atoms with Crippen molar-refractivity contribution in [2.75, 3.05) is 44.7 Å². The van der Waals surface area contributed by atoms with Gasteiger partial charge in [0.1, 0.15) is 0 Å². The van der Waals surface area contributed by atoms with E-state index in [1.165, 1.54) is 17.4 Å². The van der Waals surface area contributed by atoms with Gasteiger partial charge >= 0.3 is 6.18 Å². The second kappa shape index (κ2) is 12.0. The maximum absolute atomic E-state index is 13.0. The fourth-order valence-corrected chi connectivity index (χ4v) is 4.97. The van der Waals surface area contributed by atoms with E-state index in [0.717, 1.165) is 60.6 Å².